The number of primary sulfonamides is 1. The van der Waals surface area contributed by atoms with Crippen LogP contribution < -0.4 is 15.8 Å². The van der Waals surface area contributed by atoms with E-state index < -0.39 is 10.0 Å². The molecule has 1 aromatic heterocycles. The molecular formula is C12H21IN4O2S3. The van der Waals surface area contributed by atoms with Crippen molar-refractivity contribution in [3.8, 4) is 0 Å². The van der Waals surface area contributed by atoms with E-state index in [4.69, 9.17) is 5.14 Å². The largest absolute Gasteiger partial charge is 0.355 e. The molecule has 0 saturated carbocycles. The number of guanidine groups is 1. The highest BCUT2D eigenvalue weighted by atomic mass is 127. The van der Waals surface area contributed by atoms with Crippen LogP contribution in [0.15, 0.2) is 21.3 Å². The van der Waals surface area contributed by atoms with Gasteiger partial charge in [0.05, 0.1) is 6.54 Å². The minimum atomic E-state index is -3.61. The van der Waals surface area contributed by atoms with Crippen LogP contribution in [0.1, 0.15) is 17.7 Å². The SMILES string of the molecule is CN=C(NCc1ccc(S(N)(=O)=O)s1)NCC1CCCS1.I. The van der Waals surface area contributed by atoms with Gasteiger partial charge < -0.3 is 10.6 Å². The zero-order valence-corrected chi connectivity index (χ0v) is 17.0. The molecule has 0 spiro atoms. The van der Waals surface area contributed by atoms with Crippen LogP contribution in [0, 0.1) is 0 Å². The van der Waals surface area contributed by atoms with Crippen molar-refractivity contribution < 1.29 is 8.42 Å². The number of hydrogen-bond acceptors (Lipinski definition) is 5. The molecular weight excluding hydrogens is 455 g/mol. The monoisotopic (exact) mass is 476 g/mol. The number of thioether (sulfide) groups is 1. The lowest BCUT2D eigenvalue weighted by molar-refractivity contribution is 0.600. The first kappa shape index (κ1) is 20.0. The fourth-order valence-corrected chi connectivity index (χ4v) is 4.93. The maximum absolute atomic E-state index is 11.2. The second kappa shape index (κ2) is 9.30. The maximum Gasteiger partial charge on any atom is 0.247 e. The van der Waals surface area contributed by atoms with E-state index in [1.807, 2.05) is 11.8 Å². The van der Waals surface area contributed by atoms with Gasteiger partial charge in [0.1, 0.15) is 4.21 Å². The molecule has 1 fully saturated rings. The van der Waals surface area contributed by atoms with E-state index in [1.54, 1.807) is 13.1 Å². The van der Waals surface area contributed by atoms with E-state index in [1.165, 1.54) is 36.0 Å². The summed E-state index contributed by atoms with van der Waals surface area (Å²) in [6, 6.07) is 3.29. The van der Waals surface area contributed by atoms with Gasteiger partial charge >= 0.3 is 0 Å². The van der Waals surface area contributed by atoms with Crippen LogP contribution in [0.25, 0.3) is 0 Å². The Bertz CT molecular complexity index is 597. The zero-order chi connectivity index (χ0) is 15.3. The first-order valence-electron chi connectivity index (χ1n) is 6.66. The number of nitrogens with one attached hydrogen (secondary N) is 2. The first-order chi connectivity index (χ1) is 9.99. The maximum atomic E-state index is 11.2. The van der Waals surface area contributed by atoms with E-state index >= 15 is 0 Å². The summed E-state index contributed by atoms with van der Waals surface area (Å²) in [4.78, 5) is 5.07. The molecule has 1 saturated heterocycles. The van der Waals surface area contributed by atoms with Crippen molar-refractivity contribution in [2.45, 2.75) is 28.8 Å². The van der Waals surface area contributed by atoms with E-state index in [-0.39, 0.29) is 28.2 Å². The molecule has 2 rings (SSSR count). The van der Waals surface area contributed by atoms with Crippen molar-refractivity contribution >= 4 is 63.1 Å². The van der Waals surface area contributed by atoms with Crippen molar-refractivity contribution in [3.05, 3.63) is 17.0 Å². The molecule has 126 valence electrons. The fourth-order valence-electron chi connectivity index (χ4n) is 2.01. The lowest BCUT2D eigenvalue weighted by Gasteiger charge is -2.14. The minimum absolute atomic E-state index is 0. The zero-order valence-electron chi connectivity index (χ0n) is 12.2. The van der Waals surface area contributed by atoms with Crippen LogP contribution in [0.2, 0.25) is 0 Å². The van der Waals surface area contributed by atoms with Gasteiger partial charge in [-0.2, -0.15) is 11.8 Å². The summed E-state index contributed by atoms with van der Waals surface area (Å²) in [7, 11) is -1.88. The third-order valence-corrected chi connectivity index (χ3v) is 7.01. The molecule has 10 heteroatoms. The molecule has 0 radical (unpaired) electrons. The van der Waals surface area contributed by atoms with Crippen LogP contribution in [-0.2, 0) is 16.6 Å². The number of halogens is 1. The highest BCUT2D eigenvalue weighted by molar-refractivity contribution is 14.0. The quantitative estimate of drug-likeness (QED) is 0.341. The minimum Gasteiger partial charge on any atom is -0.355 e. The van der Waals surface area contributed by atoms with Crippen LogP contribution in [0.5, 0.6) is 0 Å². The lowest BCUT2D eigenvalue weighted by Crippen LogP contribution is -2.39. The van der Waals surface area contributed by atoms with Crippen molar-refractivity contribution in [1.29, 1.82) is 0 Å². The third-order valence-electron chi connectivity index (χ3n) is 3.09. The summed E-state index contributed by atoms with van der Waals surface area (Å²) in [6.07, 6.45) is 2.53. The topological polar surface area (TPSA) is 96.6 Å². The molecule has 6 nitrogen and oxygen atoms in total. The highest BCUT2D eigenvalue weighted by Gasteiger charge is 2.16. The Morgan fingerprint density at radius 2 is 2.23 bits per heavy atom. The number of hydrogen-bond donors (Lipinski definition) is 3. The summed E-state index contributed by atoms with van der Waals surface area (Å²) in [5.74, 6) is 1.97. The van der Waals surface area contributed by atoms with E-state index in [0.717, 1.165) is 17.4 Å². The third kappa shape index (κ3) is 6.22. The van der Waals surface area contributed by atoms with Gasteiger partial charge in [0.2, 0.25) is 10.0 Å². The van der Waals surface area contributed by atoms with Gasteiger partial charge in [-0.05, 0) is 30.7 Å². The number of aliphatic imine (C=N–C) groups is 1. The Balaban J connectivity index is 0.00000242. The molecule has 0 aromatic carbocycles. The Labute approximate surface area is 156 Å². The average molecular weight is 476 g/mol. The normalized spacial score (nSPS) is 18.8. The van der Waals surface area contributed by atoms with Gasteiger partial charge in [-0.15, -0.1) is 35.3 Å². The van der Waals surface area contributed by atoms with Gasteiger partial charge in [-0.25, -0.2) is 13.6 Å². The Kier molecular flexibility index (Phi) is 8.46. The highest BCUT2D eigenvalue weighted by Crippen LogP contribution is 2.25. The Hall–Kier alpha value is -0.0400. The molecule has 1 atom stereocenters. The lowest BCUT2D eigenvalue weighted by atomic mass is 10.2. The van der Waals surface area contributed by atoms with Gasteiger partial charge in [0, 0.05) is 23.7 Å². The van der Waals surface area contributed by atoms with Crippen molar-refractivity contribution in [3.63, 3.8) is 0 Å². The van der Waals surface area contributed by atoms with Crippen molar-refractivity contribution in [2.24, 2.45) is 10.1 Å². The van der Waals surface area contributed by atoms with E-state index in [0.29, 0.717) is 11.8 Å². The smallest absolute Gasteiger partial charge is 0.247 e. The fraction of sp³-hybridized carbons (Fsp3) is 0.583. The Morgan fingerprint density at radius 3 is 2.77 bits per heavy atom. The summed E-state index contributed by atoms with van der Waals surface area (Å²) >= 11 is 3.16. The predicted molar refractivity (Wildman–Crippen MR) is 105 cm³/mol. The molecule has 1 aliphatic heterocycles. The van der Waals surface area contributed by atoms with Crippen LogP contribution in [0.4, 0.5) is 0 Å². The number of nitrogens with zero attached hydrogens (tertiary/aromatic N) is 1. The van der Waals surface area contributed by atoms with E-state index in [2.05, 4.69) is 15.6 Å². The first-order valence-corrected chi connectivity index (χ1v) is 10.1. The van der Waals surface area contributed by atoms with Gasteiger partial charge in [0.25, 0.3) is 0 Å². The summed E-state index contributed by atoms with van der Waals surface area (Å²) in [6.45, 7) is 1.43. The van der Waals surface area contributed by atoms with Crippen molar-refractivity contribution in [1.82, 2.24) is 10.6 Å². The van der Waals surface area contributed by atoms with Crippen LogP contribution in [-0.4, -0.2) is 39.0 Å². The molecule has 0 aliphatic carbocycles. The summed E-state index contributed by atoms with van der Waals surface area (Å²) in [5, 5.41) is 12.2. The second-order valence-corrected chi connectivity index (χ2v) is 9.07. The number of sulfonamides is 1. The predicted octanol–water partition coefficient (Wildman–Crippen LogP) is 1.57. The molecule has 0 amide bonds. The second-order valence-electron chi connectivity index (χ2n) is 4.71. The van der Waals surface area contributed by atoms with E-state index in [9.17, 15) is 8.42 Å². The summed E-state index contributed by atoms with van der Waals surface area (Å²) < 4.78 is 22.6. The number of thiophene rings is 1. The molecule has 2 heterocycles. The molecule has 1 unspecified atom stereocenters. The van der Waals surface area contributed by atoms with Crippen LogP contribution in [0.3, 0.4) is 0 Å². The Morgan fingerprint density at radius 1 is 1.45 bits per heavy atom. The number of nitrogens with two attached hydrogens (primary N) is 1. The molecule has 4 N–H and O–H groups in total. The number of rotatable bonds is 5. The van der Waals surface area contributed by atoms with Gasteiger partial charge in [-0.1, -0.05) is 0 Å². The molecule has 1 aliphatic rings. The van der Waals surface area contributed by atoms with Crippen molar-refractivity contribution in [2.75, 3.05) is 19.3 Å². The van der Waals surface area contributed by atoms with Crippen LogP contribution >= 0.6 is 47.1 Å². The molecule has 0 bridgehead atoms. The molecule has 1 aromatic rings. The standard InChI is InChI=1S/C12H20N4O2S3.HI/c1-14-12(15-7-9-3-2-6-19-9)16-8-10-4-5-11(20-10)21(13,17)18;/h4-5,9H,2-3,6-8H2,1H3,(H2,13,17,18)(H2,14,15,16);1H. The molecule has 22 heavy (non-hydrogen) atoms. The summed E-state index contributed by atoms with van der Waals surface area (Å²) in [5.41, 5.74) is 0. The van der Waals surface area contributed by atoms with Gasteiger partial charge in [-0.3, -0.25) is 4.99 Å². The average Bonchev–Trinajstić information content (AvgIpc) is 3.09. The van der Waals surface area contributed by atoms with Gasteiger partial charge in [0.15, 0.2) is 5.96 Å².